The van der Waals surface area contributed by atoms with E-state index in [4.69, 9.17) is 9.84 Å². The number of carbonyl (C=O) groups is 1. The molecule has 2 aromatic rings. The number of benzene rings is 2. The molecular weight excluding hydrogens is 288 g/mol. The Morgan fingerprint density at radius 2 is 1.91 bits per heavy atom. The molecule has 0 unspecified atom stereocenters. The van der Waals surface area contributed by atoms with Gasteiger partial charge >= 0.3 is 0 Å². The largest absolute Gasteiger partial charge is 0.508 e. The molecule has 0 aliphatic heterocycles. The van der Waals surface area contributed by atoms with Crippen LogP contribution in [0.1, 0.15) is 15.9 Å². The molecule has 0 fully saturated rings. The molecule has 4 N–H and O–H groups in total. The second-order valence-electron chi connectivity index (χ2n) is 4.33. The van der Waals surface area contributed by atoms with Gasteiger partial charge in [0.15, 0.2) is 0 Å². The summed E-state index contributed by atoms with van der Waals surface area (Å²) in [5, 5.41) is 32.1. The summed E-state index contributed by atoms with van der Waals surface area (Å²) in [6.45, 7) is 0. The normalized spacial score (nSPS) is 10.6. The lowest BCUT2D eigenvalue weighted by Crippen LogP contribution is -2.17. The van der Waals surface area contributed by atoms with Crippen LogP contribution in [-0.4, -0.2) is 34.6 Å². The van der Waals surface area contributed by atoms with Crippen molar-refractivity contribution < 1.29 is 24.9 Å². The Kier molecular flexibility index (Phi) is 4.47. The molecule has 0 saturated carbocycles. The average Bonchev–Trinajstić information content (AvgIpc) is 2.49. The molecule has 0 saturated heterocycles. The van der Waals surface area contributed by atoms with E-state index in [2.05, 4.69) is 10.5 Å². The van der Waals surface area contributed by atoms with Gasteiger partial charge in [-0.25, -0.2) is 5.43 Å². The molecule has 0 radical (unpaired) electrons. The van der Waals surface area contributed by atoms with Gasteiger partial charge in [0.25, 0.3) is 5.91 Å². The van der Waals surface area contributed by atoms with Crippen LogP contribution in [0.5, 0.6) is 23.0 Å². The zero-order valence-electron chi connectivity index (χ0n) is 11.6. The first-order valence-electron chi connectivity index (χ1n) is 6.23. The van der Waals surface area contributed by atoms with Crippen molar-refractivity contribution in [2.45, 2.75) is 0 Å². The molecule has 0 aliphatic rings. The molecule has 0 atom stereocenters. The minimum atomic E-state index is -0.656. The minimum absolute atomic E-state index is 0.0220. The first kappa shape index (κ1) is 15.2. The number of nitrogens with one attached hydrogen (secondary N) is 1. The highest BCUT2D eigenvalue weighted by Gasteiger charge is 2.10. The van der Waals surface area contributed by atoms with Crippen molar-refractivity contribution in [3.05, 3.63) is 47.5 Å². The summed E-state index contributed by atoms with van der Waals surface area (Å²) in [4.78, 5) is 11.8. The molecule has 0 aromatic heterocycles. The van der Waals surface area contributed by atoms with Crippen LogP contribution in [-0.2, 0) is 0 Å². The van der Waals surface area contributed by atoms with Crippen molar-refractivity contribution in [1.82, 2.24) is 5.43 Å². The van der Waals surface area contributed by atoms with Gasteiger partial charge < -0.3 is 20.1 Å². The summed E-state index contributed by atoms with van der Waals surface area (Å²) in [7, 11) is 1.49. The maximum atomic E-state index is 11.8. The number of carbonyl (C=O) groups excluding carboxylic acids is 1. The number of ether oxygens (including phenoxy) is 1. The molecule has 2 rings (SSSR count). The van der Waals surface area contributed by atoms with E-state index in [0.717, 1.165) is 6.07 Å². The van der Waals surface area contributed by atoms with E-state index in [1.807, 2.05) is 0 Å². The molecular formula is C15H14N2O5. The SMILES string of the molecule is COc1ccc(O)c(/C=N/NC(=O)c2ccc(O)cc2O)c1. The average molecular weight is 302 g/mol. The van der Waals surface area contributed by atoms with E-state index in [1.54, 1.807) is 12.1 Å². The molecule has 0 spiro atoms. The summed E-state index contributed by atoms with van der Waals surface area (Å²) in [6.07, 6.45) is 1.24. The third-order valence-electron chi connectivity index (χ3n) is 2.83. The third kappa shape index (κ3) is 3.45. The van der Waals surface area contributed by atoms with Gasteiger partial charge in [-0.15, -0.1) is 0 Å². The van der Waals surface area contributed by atoms with Crippen molar-refractivity contribution in [1.29, 1.82) is 0 Å². The number of amides is 1. The first-order chi connectivity index (χ1) is 10.5. The number of nitrogens with zero attached hydrogens (tertiary/aromatic N) is 1. The van der Waals surface area contributed by atoms with Gasteiger partial charge in [-0.2, -0.15) is 5.10 Å². The number of hydrogen-bond donors (Lipinski definition) is 4. The lowest BCUT2D eigenvalue weighted by Gasteiger charge is -2.04. The van der Waals surface area contributed by atoms with Crippen LogP contribution in [0.15, 0.2) is 41.5 Å². The smallest absolute Gasteiger partial charge is 0.275 e. The maximum Gasteiger partial charge on any atom is 0.275 e. The standard InChI is InChI=1S/C15H14N2O5/c1-22-11-3-5-13(19)9(6-11)8-16-17-15(21)12-4-2-10(18)7-14(12)20/h2-8,18-20H,1H3,(H,17,21)/b16-8+. The highest BCUT2D eigenvalue weighted by Crippen LogP contribution is 2.23. The predicted molar refractivity (Wildman–Crippen MR) is 79.5 cm³/mol. The lowest BCUT2D eigenvalue weighted by molar-refractivity contribution is 0.0952. The monoisotopic (exact) mass is 302 g/mol. The van der Waals surface area contributed by atoms with E-state index < -0.39 is 5.91 Å². The van der Waals surface area contributed by atoms with Crippen LogP contribution in [0.3, 0.4) is 0 Å². The quantitative estimate of drug-likeness (QED) is 0.506. The van der Waals surface area contributed by atoms with Gasteiger partial charge in [0, 0.05) is 11.6 Å². The Bertz CT molecular complexity index is 728. The number of rotatable bonds is 4. The first-order valence-corrected chi connectivity index (χ1v) is 6.23. The molecule has 22 heavy (non-hydrogen) atoms. The molecule has 1 amide bonds. The van der Waals surface area contributed by atoms with E-state index in [-0.39, 0.29) is 22.8 Å². The summed E-state index contributed by atoms with van der Waals surface area (Å²) in [5.74, 6) is -0.667. The van der Waals surface area contributed by atoms with E-state index in [9.17, 15) is 15.0 Å². The number of phenols is 3. The van der Waals surface area contributed by atoms with Gasteiger partial charge in [0.05, 0.1) is 18.9 Å². The van der Waals surface area contributed by atoms with Crippen LogP contribution in [0.4, 0.5) is 0 Å². The zero-order valence-corrected chi connectivity index (χ0v) is 11.6. The second kappa shape index (κ2) is 6.49. The minimum Gasteiger partial charge on any atom is -0.508 e. The van der Waals surface area contributed by atoms with Crippen molar-refractivity contribution in [2.75, 3.05) is 7.11 Å². The molecule has 7 heteroatoms. The Balaban J connectivity index is 2.10. The van der Waals surface area contributed by atoms with Crippen molar-refractivity contribution in [2.24, 2.45) is 5.10 Å². The number of hydrazone groups is 1. The summed E-state index contributed by atoms with van der Waals surface area (Å²) in [6, 6.07) is 8.15. The number of hydrogen-bond acceptors (Lipinski definition) is 6. The van der Waals surface area contributed by atoms with Crippen molar-refractivity contribution >= 4 is 12.1 Å². The summed E-state index contributed by atoms with van der Waals surface area (Å²) < 4.78 is 5.02. The number of phenolic OH excluding ortho intramolecular Hbond substituents is 3. The Labute approximate surface area is 126 Å². The van der Waals surface area contributed by atoms with Gasteiger partial charge in [0.1, 0.15) is 23.0 Å². The second-order valence-corrected chi connectivity index (χ2v) is 4.33. The topological polar surface area (TPSA) is 111 Å². The lowest BCUT2D eigenvalue weighted by atomic mass is 10.2. The molecule has 114 valence electrons. The number of aromatic hydroxyl groups is 3. The molecule has 0 heterocycles. The third-order valence-corrected chi connectivity index (χ3v) is 2.83. The molecule has 0 bridgehead atoms. The Hall–Kier alpha value is -3.22. The van der Waals surface area contributed by atoms with Crippen LogP contribution in [0.2, 0.25) is 0 Å². The van der Waals surface area contributed by atoms with Crippen LogP contribution in [0.25, 0.3) is 0 Å². The summed E-state index contributed by atoms with van der Waals surface area (Å²) in [5.41, 5.74) is 2.53. The molecule has 0 aliphatic carbocycles. The Morgan fingerprint density at radius 3 is 2.59 bits per heavy atom. The van der Waals surface area contributed by atoms with Gasteiger partial charge in [-0.3, -0.25) is 4.79 Å². The number of methoxy groups -OCH3 is 1. The summed E-state index contributed by atoms with van der Waals surface area (Å²) >= 11 is 0. The highest BCUT2D eigenvalue weighted by atomic mass is 16.5. The van der Waals surface area contributed by atoms with Crippen molar-refractivity contribution in [3.63, 3.8) is 0 Å². The molecule has 2 aromatic carbocycles. The fourth-order valence-electron chi connectivity index (χ4n) is 1.70. The molecule has 7 nitrogen and oxygen atoms in total. The van der Waals surface area contributed by atoms with Crippen molar-refractivity contribution in [3.8, 4) is 23.0 Å². The van der Waals surface area contributed by atoms with Gasteiger partial charge in [-0.05, 0) is 30.3 Å². The van der Waals surface area contributed by atoms with Gasteiger partial charge in [0.2, 0.25) is 0 Å². The fraction of sp³-hybridized carbons (Fsp3) is 0.0667. The van der Waals surface area contributed by atoms with Crippen LogP contribution < -0.4 is 10.2 Å². The zero-order chi connectivity index (χ0) is 16.1. The van der Waals surface area contributed by atoms with Crippen LogP contribution >= 0.6 is 0 Å². The van der Waals surface area contributed by atoms with E-state index >= 15 is 0 Å². The maximum absolute atomic E-state index is 11.8. The fourth-order valence-corrected chi connectivity index (χ4v) is 1.70. The highest BCUT2D eigenvalue weighted by molar-refractivity contribution is 5.97. The van der Waals surface area contributed by atoms with Crippen LogP contribution in [0, 0.1) is 0 Å². The van der Waals surface area contributed by atoms with E-state index in [0.29, 0.717) is 11.3 Å². The predicted octanol–water partition coefficient (Wildman–Crippen LogP) is 1.58. The van der Waals surface area contributed by atoms with Gasteiger partial charge in [-0.1, -0.05) is 0 Å². The Morgan fingerprint density at radius 1 is 1.14 bits per heavy atom. The van der Waals surface area contributed by atoms with E-state index in [1.165, 1.54) is 31.5 Å².